The Kier molecular flexibility index (Phi) is 6.64. The zero-order valence-corrected chi connectivity index (χ0v) is 19.2. The van der Waals surface area contributed by atoms with Gasteiger partial charge in [0.25, 0.3) is 0 Å². The lowest BCUT2D eigenvalue weighted by Gasteiger charge is -2.22. The minimum absolute atomic E-state index is 0.176. The van der Waals surface area contributed by atoms with Gasteiger partial charge in [0, 0.05) is 23.8 Å². The van der Waals surface area contributed by atoms with Crippen molar-refractivity contribution < 1.29 is 13.2 Å². The maximum atomic E-state index is 13.3. The lowest BCUT2D eigenvalue weighted by molar-refractivity contribution is -0.116. The van der Waals surface area contributed by atoms with Crippen LogP contribution in [0.15, 0.2) is 83.9 Å². The van der Waals surface area contributed by atoms with Gasteiger partial charge in [-0.25, -0.2) is 8.42 Å². The number of amides is 1. The zero-order valence-electron chi connectivity index (χ0n) is 17.6. The van der Waals surface area contributed by atoms with Crippen molar-refractivity contribution in [1.82, 2.24) is 8.68 Å². The van der Waals surface area contributed by atoms with Crippen LogP contribution in [0.4, 0.5) is 5.69 Å². The Bertz CT molecular complexity index is 1320. The van der Waals surface area contributed by atoms with Crippen molar-refractivity contribution in [2.45, 2.75) is 18.2 Å². The highest BCUT2D eigenvalue weighted by molar-refractivity contribution is 7.89. The molecular weight excluding hydrogens is 442 g/mol. The number of carbonyl (C=O) groups is 1. The predicted octanol–water partition coefficient (Wildman–Crippen LogP) is 4.48. The van der Waals surface area contributed by atoms with Crippen molar-refractivity contribution in [3.63, 3.8) is 0 Å². The van der Waals surface area contributed by atoms with E-state index in [-0.39, 0.29) is 18.0 Å². The largest absolute Gasteiger partial charge is 0.325 e. The third-order valence-electron chi connectivity index (χ3n) is 5.11. The second kappa shape index (κ2) is 9.60. The van der Waals surface area contributed by atoms with E-state index < -0.39 is 15.9 Å². The molecule has 1 N–H and O–H groups in total. The molecule has 4 aromatic rings. The Morgan fingerprint density at radius 3 is 2.53 bits per heavy atom. The Labute approximate surface area is 191 Å². The fourth-order valence-corrected chi connectivity index (χ4v) is 5.38. The molecular formula is C24H23N3O3S2. The summed E-state index contributed by atoms with van der Waals surface area (Å²) in [6.07, 6.45) is 2.25. The van der Waals surface area contributed by atoms with Crippen molar-refractivity contribution in [2.24, 2.45) is 0 Å². The van der Waals surface area contributed by atoms with Crippen LogP contribution in [0.3, 0.4) is 0 Å². The number of sulfonamides is 1. The van der Waals surface area contributed by atoms with Crippen LogP contribution in [-0.4, -0.2) is 36.1 Å². The lowest BCUT2D eigenvalue weighted by Crippen LogP contribution is -2.39. The Morgan fingerprint density at radius 2 is 1.78 bits per heavy atom. The van der Waals surface area contributed by atoms with Gasteiger partial charge in [-0.15, -0.1) is 0 Å². The van der Waals surface area contributed by atoms with Crippen LogP contribution in [-0.2, 0) is 21.2 Å². The summed E-state index contributed by atoms with van der Waals surface area (Å²) in [5.74, 6) is -0.392. The van der Waals surface area contributed by atoms with Crippen LogP contribution < -0.4 is 5.32 Å². The average Bonchev–Trinajstić information content (AvgIpc) is 3.25. The van der Waals surface area contributed by atoms with Crippen LogP contribution in [0.25, 0.3) is 10.1 Å². The van der Waals surface area contributed by atoms with Gasteiger partial charge in [-0.3, -0.25) is 4.79 Å². The zero-order chi connectivity index (χ0) is 22.6. The van der Waals surface area contributed by atoms with E-state index in [0.717, 1.165) is 21.2 Å². The van der Waals surface area contributed by atoms with E-state index in [2.05, 4.69) is 9.69 Å². The normalized spacial score (nSPS) is 11.7. The summed E-state index contributed by atoms with van der Waals surface area (Å²) in [5, 5.41) is 3.75. The molecule has 0 saturated carbocycles. The number of nitrogens with zero attached hydrogens (tertiary/aromatic N) is 2. The molecule has 8 heteroatoms. The molecule has 1 aromatic heterocycles. The summed E-state index contributed by atoms with van der Waals surface area (Å²) in [6.45, 7) is 1.82. The number of aromatic nitrogens is 1. The summed E-state index contributed by atoms with van der Waals surface area (Å²) >= 11 is 1.38. The van der Waals surface area contributed by atoms with E-state index >= 15 is 0 Å². The highest BCUT2D eigenvalue weighted by Gasteiger charge is 2.26. The minimum Gasteiger partial charge on any atom is -0.325 e. The number of aryl methyl sites for hydroxylation is 1. The highest BCUT2D eigenvalue weighted by atomic mass is 32.2. The third kappa shape index (κ3) is 5.21. The Morgan fingerprint density at radius 1 is 1.03 bits per heavy atom. The van der Waals surface area contributed by atoms with E-state index in [1.165, 1.54) is 15.8 Å². The van der Waals surface area contributed by atoms with Gasteiger partial charge in [0.15, 0.2) is 0 Å². The summed E-state index contributed by atoms with van der Waals surface area (Å²) < 4.78 is 33.1. The maximum Gasteiger partial charge on any atom is 0.243 e. The fourth-order valence-electron chi connectivity index (χ4n) is 3.35. The molecule has 0 spiro atoms. The number of anilines is 1. The molecule has 1 amide bonds. The minimum atomic E-state index is -3.84. The van der Waals surface area contributed by atoms with Crippen LogP contribution in [0.5, 0.6) is 0 Å². The third-order valence-corrected chi connectivity index (χ3v) is 7.75. The van der Waals surface area contributed by atoms with Gasteiger partial charge in [0.1, 0.15) is 0 Å². The topological polar surface area (TPSA) is 79.4 Å². The van der Waals surface area contributed by atoms with Crippen LogP contribution >= 0.6 is 11.5 Å². The van der Waals surface area contributed by atoms with E-state index in [4.69, 9.17) is 0 Å². The summed E-state index contributed by atoms with van der Waals surface area (Å²) in [4.78, 5) is 13.0. The predicted molar refractivity (Wildman–Crippen MR) is 128 cm³/mol. The molecule has 0 unspecified atom stereocenters. The van der Waals surface area contributed by atoms with Gasteiger partial charge in [0.05, 0.1) is 16.1 Å². The molecule has 32 heavy (non-hydrogen) atoms. The molecule has 1 heterocycles. The summed E-state index contributed by atoms with van der Waals surface area (Å²) in [7, 11) is -3.84. The summed E-state index contributed by atoms with van der Waals surface area (Å²) in [6, 6.07) is 21.8. The molecule has 0 aliphatic carbocycles. The van der Waals surface area contributed by atoms with Crippen molar-refractivity contribution in [1.29, 1.82) is 0 Å². The smallest absolute Gasteiger partial charge is 0.243 e. The SMILES string of the molecule is Cc1ccc(S(=O)(=O)N(CCc2ccccc2)CC(=O)Nc2ccc3sncc3c2)cc1. The van der Waals surface area contributed by atoms with E-state index in [9.17, 15) is 13.2 Å². The van der Waals surface area contributed by atoms with E-state index in [0.29, 0.717) is 12.1 Å². The first-order chi connectivity index (χ1) is 15.4. The number of hydrogen-bond donors (Lipinski definition) is 1. The van der Waals surface area contributed by atoms with Crippen molar-refractivity contribution in [2.75, 3.05) is 18.4 Å². The van der Waals surface area contributed by atoms with Gasteiger partial charge in [-0.2, -0.15) is 8.68 Å². The molecule has 0 radical (unpaired) electrons. The number of carbonyl (C=O) groups excluding carboxylic acids is 1. The molecule has 3 aromatic carbocycles. The molecule has 4 rings (SSSR count). The second-order valence-corrected chi connectivity index (χ2v) is 10.3. The van der Waals surface area contributed by atoms with Crippen LogP contribution in [0.1, 0.15) is 11.1 Å². The first-order valence-electron chi connectivity index (χ1n) is 10.2. The number of benzene rings is 3. The standard InChI is InChI=1S/C24H23N3O3S2/c1-18-7-10-22(11-8-18)32(29,30)27(14-13-19-5-3-2-4-6-19)17-24(28)26-21-9-12-23-20(15-21)16-25-31-23/h2-12,15-16H,13-14,17H2,1H3,(H,26,28). The lowest BCUT2D eigenvalue weighted by atomic mass is 10.1. The van der Waals surface area contributed by atoms with Crippen molar-refractivity contribution >= 4 is 43.2 Å². The first-order valence-corrected chi connectivity index (χ1v) is 12.4. The Balaban J connectivity index is 1.54. The number of nitrogens with one attached hydrogen (secondary N) is 1. The molecule has 0 bridgehead atoms. The number of hydrogen-bond acceptors (Lipinski definition) is 5. The van der Waals surface area contributed by atoms with Gasteiger partial charge < -0.3 is 5.32 Å². The average molecular weight is 466 g/mol. The van der Waals surface area contributed by atoms with Crippen LogP contribution in [0.2, 0.25) is 0 Å². The highest BCUT2D eigenvalue weighted by Crippen LogP contribution is 2.22. The second-order valence-electron chi connectivity index (χ2n) is 7.51. The fraction of sp³-hybridized carbons (Fsp3) is 0.167. The first kappa shape index (κ1) is 22.1. The molecule has 0 aliphatic heterocycles. The molecule has 0 aliphatic rings. The van der Waals surface area contributed by atoms with Crippen molar-refractivity contribution in [3.05, 3.63) is 90.1 Å². The monoisotopic (exact) mass is 465 g/mol. The Hall–Kier alpha value is -3.07. The maximum absolute atomic E-state index is 13.3. The number of rotatable bonds is 8. The quantitative estimate of drug-likeness (QED) is 0.416. The van der Waals surface area contributed by atoms with Gasteiger partial charge in [-0.1, -0.05) is 48.0 Å². The molecule has 0 atom stereocenters. The summed E-state index contributed by atoms with van der Waals surface area (Å²) in [5.41, 5.74) is 2.58. The molecule has 6 nitrogen and oxygen atoms in total. The van der Waals surface area contributed by atoms with Gasteiger partial charge in [0.2, 0.25) is 15.9 Å². The van der Waals surface area contributed by atoms with Crippen molar-refractivity contribution in [3.8, 4) is 0 Å². The van der Waals surface area contributed by atoms with Gasteiger partial charge >= 0.3 is 0 Å². The van der Waals surface area contributed by atoms with E-state index in [1.54, 1.807) is 36.5 Å². The van der Waals surface area contributed by atoms with Crippen LogP contribution in [0, 0.1) is 6.92 Å². The van der Waals surface area contributed by atoms with E-state index in [1.807, 2.05) is 49.4 Å². The van der Waals surface area contributed by atoms with Gasteiger partial charge in [-0.05, 0) is 60.8 Å². The molecule has 0 fully saturated rings. The molecule has 164 valence electrons. The number of fused-ring (bicyclic) bond motifs is 1. The molecule has 0 saturated heterocycles.